The second-order valence-electron chi connectivity index (χ2n) is 7.11. The van der Waals surface area contributed by atoms with Crippen molar-refractivity contribution in [2.45, 2.75) is 50.4 Å². The summed E-state index contributed by atoms with van der Waals surface area (Å²) in [6, 6.07) is 6.72. The smallest absolute Gasteiger partial charge is 0.224 e. The molecule has 1 saturated carbocycles. The van der Waals surface area contributed by atoms with Crippen molar-refractivity contribution in [3.8, 4) is 0 Å². The highest BCUT2D eigenvalue weighted by molar-refractivity contribution is 5.83. The first-order valence-corrected chi connectivity index (χ1v) is 8.90. The molecule has 0 unspecified atom stereocenters. The summed E-state index contributed by atoms with van der Waals surface area (Å²) in [6.45, 7) is 1.01. The molecule has 1 aromatic carbocycles. The van der Waals surface area contributed by atoms with Gasteiger partial charge in [0.1, 0.15) is 5.82 Å². The number of carbonyl (C=O) groups is 2. The van der Waals surface area contributed by atoms with Crippen LogP contribution < -0.4 is 10.6 Å². The lowest BCUT2D eigenvalue weighted by molar-refractivity contribution is -0.129. The summed E-state index contributed by atoms with van der Waals surface area (Å²) in [4.78, 5) is 23.7. The van der Waals surface area contributed by atoms with Gasteiger partial charge in [-0.3, -0.25) is 9.59 Å². The number of carbonyl (C=O) groups excluding carboxylic acids is 2. The monoisotopic (exact) mass is 332 g/mol. The van der Waals surface area contributed by atoms with Crippen LogP contribution in [0.2, 0.25) is 0 Å². The molecule has 2 aliphatic rings. The SMILES string of the molecule is O=C1CC[C@@H](C(=O)NCC2(c3ccc(F)cc3)CCCCC2)CN1. The summed E-state index contributed by atoms with van der Waals surface area (Å²) in [5.41, 5.74) is 1.01. The maximum atomic E-state index is 13.3. The normalized spacial score (nSPS) is 23.4. The van der Waals surface area contributed by atoms with Gasteiger partial charge in [-0.05, 0) is 37.0 Å². The molecule has 24 heavy (non-hydrogen) atoms. The first-order chi connectivity index (χ1) is 11.6. The molecule has 0 spiro atoms. The third kappa shape index (κ3) is 3.77. The van der Waals surface area contributed by atoms with Gasteiger partial charge in [0.05, 0.1) is 5.92 Å². The maximum absolute atomic E-state index is 13.3. The fourth-order valence-corrected chi connectivity index (χ4v) is 3.96. The third-order valence-corrected chi connectivity index (χ3v) is 5.50. The molecule has 130 valence electrons. The van der Waals surface area contributed by atoms with Crippen molar-refractivity contribution in [2.24, 2.45) is 5.92 Å². The number of halogens is 1. The van der Waals surface area contributed by atoms with Gasteiger partial charge in [-0.2, -0.15) is 0 Å². The molecule has 1 atom stereocenters. The minimum Gasteiger partial charge on any atom is -0.355 e. The summed E-state index contributed by atoms with van der Waals surface area (Å²) >= 11 is 0. The number of hydrogen-bond donors (Lipinski definition) is 2. The van der Waals surface area contributed by atoms with Gasteiger partial charge in [-0.15, -0.1) is 0 Å². The van der Waals surface area contributed by atoms with Gasteiger partial charge >= 0.3 is 0 Å². The molecule has 1 saturated heterocycles. The summed E-state index contributed by atoms with van der Waals surface area (Å²) in [7, 11) is 0. The number of hydrogen-bond acceptors (Lipinski definition) is 2. The highest BCUT2D eigenvalue weighted by Gasteiger charge is 2.35. The number of amides is 2. The zero-order chi connectivity index (χ0) is 17.0. The van der Waals surface area contributed by atoms with E-state index in [-0.39, 0.29) is 29.0 Å². The Morgan fingerprint density at radius 3 is 2.54 bits per heavy atom. The molecule has 2 amide bonds. The fraction of sp³-hybridized carbons (Fsp3) is 0.579. The Morgan fingerprint density at radius 1 is 1.21 bits per heavy atom. The van der Waals surface area contributed by atoms with Crippen molar-refractivity contribution < 1.29 is 14.0 Å². The van der Waals surface area contributed by atoms with Crippen LogP contribution in [0.4, 0.5) is 4.39 Å². The van der Waals surface area contributed by atoms with Crippen LogP contribution in [-0.4, -0.2) is 24.9 Å². The molecule has 1 aromatic rings. The third-order valence-electron chi connectivity index (χ3n) is 5.50. The van der Waals surface area contributed by atoms with Crippen LogP contribution in [-0.2, 0) is 15.0 Å². The van der Waals surface area contributed by atoms with Crippen LogP contribution >= 0.6 is 0 Å². The second kappa shape index (κ2) is 7.32. The van der Waals surface area contributed by atoms with E-state index >= 15 is 0 Å². The van der Waals surface area contributed by atoms with E-state index in [4.69, 9.17) is 0 Å². The van der Waals surface area contributed by atoms with E-state index in [2.05, 4.69) is 10.6 Å². The molecule has 1 heterocycles. The van der Waals surface area contributed by atoms with E-state index in [9.17, 15) is 14.0 Å². The molecule has 1 aliphatic carbocycles. The van der Waals surface area contributed by atoms with E-state index in [1.165, 1.54) is 18.6 Å². The van der Waals surface area contributed by atoms with Crippen LogP contribution in [0.3, 0.4) is 0 Å². The van der Waals surface area contributed by atoms with Crippen molar-refractivity contribution in [1.82, 2.24) is 10.6 Å². The summed E-state index contributed by atoms with van der Waals surface area (Å²) in [5, 5.41) is 5.86. The molecule has 5 heteroatoms. The molecule has 2 N–H and O–H groups in total. The van der Waals surface area contributed by atoms with Crippen molar-refractivity contribution in [3.63, 3.8) is 0 Å². The Balaban J connectivity index is 1.67. The predicted molar refractivity (Wildman–Crippen MR) is 89.9 cm³/mol. The number of rotatable bonds is 4. The summed E-state index contributed by atoms with van der Waals surface area (Å²) in [5.74, 6) is -0.334. The Hall–Kier alpha value is -1.91. The molecule has 1 aliphatic heterocycles. The highest BCUT2D eigenvalue weighted by atomic mass is 19.1. The van der Waals surface area contributed by atoms with E-state index in [0.717, 1.165) is 31.2 Å². The van der Waals surface area contributed by atoms with Crippen LogP contribution in [0.5, 0.6) is 0 Å². The molecular weight excluding hydrogens is 307 g/mol. The molecule has 0 bridgehead atoms. The summed E-state index contributed by atoms with van der Waals surface area (Å²) < 4.78 is 13.3. The quantitative estimate of drug-likeness (QED) is 0.890. The first-order valence-electron chi connectivity index (χ1n) is 8.90. The number of benzene rings is 1. The van der Waals surface area contributed by atoms with Gasteiger partial charge < -0.3 is 10.6 Å². The lowest BCUT2D eigenvalue weighted by atomic mass is 9.69. The molecule has 3 rings (SSSR count). The number of piperidine rings is 1. The zero-order valence-electron chi connectivity index (χ0n) is 13.9. The lowest BCUT2D eigenvalue weighted by Crippen LogP contribution is -2.47. The van der Waals surface area contributed by atoms with Gasteiger partial charge in [0.15, 0.2) is 0 Å². The fourth-order valence-electron chi connectivity index (χ4n) is 3.96. The van der Waals surface area contributed by atoms with E-state index in [1.54, 1.807) is 0 Å². The van der Waals surface area contributed by atoms with Crippen LogP contribution in [0.15, 0.2) is 24.3 Å². The van der Waals surface area contributed by atoms with Gasteiger partial charge in [0.25, 0.3) is 0 Å². The van der Waals surface area contributed by atoms with Crippen molar-refractivity contribution in [3.05, 3.63) is 35.6 Å². The second-order valence-corrected chi connectivity index (χ2v) is 7.11. The van der Waals surface area contributed by atoms with Gasteiger partial charge in [-0.25, -0.2) is 4.39 Å². The molecule has 4 nitrogen and oxygen atoms in total. The van der Waals surface area contributed by atoms with Gasteiger partial charge in [-0.1, -0.05) is 31.4 Å². The van der Waals surface area contributed by atoms with Crippen LogP contribution in [0.25, 0.3) is 0 Å². The van der Waals surface area contributed by atoms with Gasteiger partial charge in [0.2, 0.25) is 11.8 Å². The minimum atomic E-state index is -0.230. The average molecular weight is 332 g/mol. The van der Waals surface area contributed by atoms with Crippen molar-refractivity contribution >= 4 is 11.8 Å². The summed E-state index contributed by atoms with van der Waals surface area (Å²) in [6.07, 6.45) is 6.54. The predicted octanol–water partition coefficient (Wildman–Crippen LogP) is 2.67. The van der Waals surface area contributed by atoms with Crippen LogP contribution in [0, 0.1) is 11.7 Å². The maximum Gasteiger partial charge on any atom is 0.224 e. The molecular formula is C19H25FN2O2. The molecule has 0 aromatic heterocycles. The Kier molecular flexibility index (Phi) is 5.17. The van der Waals surface area contributed by atoms with Gasteiger partial charge in [0, 0.05) is 24.9 Å². The number of nitrogens with one attached hydrogen (secondary N) is 2. The Morgan fingerprint density at radius 2 is 1.92 bits per heavy atom. The van der Waals surface area contributed by atoms with E-state index in [0.29, 0.717) is 25.9 Å². The van der Waals surface area contributed by atoms with Crippen molar-refractivity contribution in [2.75, 3.05) is 13.1 Å². The Bertz CT molecular complexity index is 584. The van der Waals surface area contributed by atoms with E-state index in [1.807, 2.05) is 12.1 Å². The average Bonchev–Trinajstić information content (AvgIpc) is 2.62. The first kappa shape index (κ1) is 16.9. The highest BCUT2D eigenvalue weighted by Crippen LogP contribution is 2.39. The van der Waals surface area contributed by atoms with E-state index < -0.39 is 0 Å². The lowest BCUT2D eigenvalue weighted by Gasteiger charge is -2.38. The standard InChI is InChI=1S/C19H25FN2O2/c20-16-7-5-15(6-8-16)19(10-2-1-3-11-19)13-22-18(24)14-4-9-17(23)21-12-14/h5-8,14H,1-4,9-13H2,(H,21,23)(H,22,24)/t14-/m1/s1. The van der Waals surface area contributed by atoms with Crippen molar-refractivity contribution in [1.29, 1.82) is 0 Å². The Labute approximate surface area is 142 Å². The van der Waals surface area contributed by atoms with Crippen LogP contribution in [0.1, 0.15) is 50.5 Å². The topological polar surface area (TPSA) is 58.2 Å². The largest absolute Gasteiger partial charge is 0.355 e. The molecule has 2 fully saturated rings. The minimum absolute atomic E-state index is 0.0158. The zero-order valence-corrected chi connectivity index (χ0v) is 13.9. The molecule has 0 radical (unpaired) electrons.